The standard InChI is InChI=1S/C23H29N3O3S2.ClH/c1-6-31(28,29)20-11-8-7-10-18(20)22(27)26(13-9-12-25(4)5)23-24-21-17(3)14-16(2)15-19(21)30-23;/h7-8,10-11,14-15H,6,9,12-13H2,1-5H3;1H. The van der Waals surface area contributed by atoms with Crippen molar-refractivity contribution in [3.8, 4) is 0 Å². The predicted molar refractivity (Wildman–Crippen MR) is 135 cm³/mol. The maximum absolute atomic E-state index is 13.6. The lowest BCUT2D eigenvalue weighted by Gasteiger charge is -2.22. The first-order valence-corrected chi connectivity index (χ1v) is 12.8. The molecule has 6 nitrogen and oxygen atoms in total. The van der Waals surface area contributed by atoms with Crippen molar-refractivity contribution in [2.24, 2.45) is 0 Å². The molecule has 0 N–H and O–H groups in total. The van der Waals surface area contributed by atoms with Gasteiger partial charge >= 0.3 is 0 Å². The largest absolute Gasteiger partial charge is 0.309 e. The molecule has 1 heterocycles. The molecule has 0 saturated carbocycles. The minimum atomic E-state index is -3.53. The summed E-state index contributed by atoms with van der Waals surface area (Å²) >= 11 is 1.47. The van der Waals surface area contributed by atoms with Crippen LogP contribution in [0.15, 0.2) is 41.3 Å². The third-order valence-corrected chi connectivity index (χ3v) is 7.93. The van der Waals surface area contributed by atoms with Crippen molar-refractivity contribution in [3.05, 3.63) is 53.1 Å². The minimum absolute atomic E-state index is 0. The van der Waals surface area contributed by atoms with Crippen LogP contribution >= 0.6 is 23.7 Å². The summed E-state index contributed by atoms with van der Waals surface area (Å²) in [7, 11) is 0.437. The molecule has 3 aromatic rings. The van der Waals surface area contributed by atoms with Gasteiger partial charge in [0.15, 0.2) is 15.0 Å². The highest BCUT2D eigenvalue weighted by Crippen LogP contribution is 2.33. The monoisotopic (exact) mass is 495 g/mol. The Morgan fingerprint density at radius 1 is 1.09 bits per heavy atom. The summed E-state index contributed by atoms with van der Waals surface area (Å²) in [6, 6.07) is 10.6. The fourth-order valence-corrected chi connectivity index (χ4v) is 5.77. The van der Waals surface area contributed by atoms with Crippen molar-refractivity contribution in [3.63, 3.8) is 0 Å². The molecule has 0 aliphatic carbocycles. The number of anilines is 1. The molecule has 0 spiro atoms. The Kier molecular flexibility index (Phi) is 8.82. The van der Waals surface area contributed by atoms with Gasteiger partial charge in [0, 0.05) is 6.54 Å². The van der Waals surface area contributed by atoms with E-state index in [4.69, 9.17) is 4.98 Å². The van der Waals surface area contributed by atoms with Gasteiger partial charge in [0.1, 0.15) is 0 Å². The van der Waals surface area contributed by atoms with Crippen molar-refractivity contribution in [2.75, 3.05) is 37.8 Å². The predicted octanol–water partition coefficient (Wildman–Crippen LogP) is 4.73. The number of sulfone groups is 1. The summed E-state index contributed by atoms with van der Waals surface area (Å²) in [6.45, 7) is 6.90. The molecule has 0 aliphatic rings. The van der Waals surface area contributed by atoms with Gasteiger partial charge in [-0.05, 0) is 70.2 Å². The Bertz CT molecular complexity index is 1210. The molecule has 0 atom stereocenters. The maximum Gasteiger partial charge on any atom is 0.261 e. The van der Waals surface area contributed by atoms with Crippen LogP contribution in [0, 0.1) is 13.8 Å². The first-order chi connectivity index (χ1) is 14.6. The van der Waals surface area contributed by atoms with Crippen LogP contribution in [0.5, 0.6) is 0 Å². The van der Waals surface area contributed by atoms with Gasteiger partial charge in [-0.25, -0.2) is 13.4 Å². The summed E-state index contributed by atoms with van der Waals surface area (Å²) in [5.41, 5.74) is 3.28. The summed E-state index contributed by atoms with van der Waals surface area (Å²) in [5, 5.41) is 0.594. The number of fused-ring (bicyclic) bond motifs is 1. The smallest absolute Gasteiger partial charge is 0.261 e. The van der Waals surface area contributed by atoms with Gasteiger partial charge in [-0.3, -0.25) is 9.69 Å². The first kappa shape index (κ1) is 26.3. The van der Waals surface area contributed by atoms with E-state index in [9.17, 15) is 13.2 Å². The van der Waals surface area contributed by atoms with Gasteiger partial charge in [0.05, 0.1) is 26.4 Å². The van der Waals surface area contributed by atoms with Gasteiger partial charge in [0.2, 0.25) is 0 Å². The molecule has 0 bridgehead atoms. The van der Waals surface area contributed by atoms with Gasteiger partial charge in [-0.2, -0.15) is 0 Å². The average molecular weight is 496 g/mol. The molecule has 1 amide bonds. The van der Waals surface area contributed by atoms with Crippen molar-refractivity contribution in [2.45, 2.75) is 32.1 Å². The topological polar surface area (TPSA) is 70.6 Å². The normalized spacial score (nSPS) is 11.6. The van der Waals surface area contributed by atoms with E-state index in [2.05, 4.69) is 17.0 Å². The van der Waals surface area contributed by atoms with Crippen LogP contribution in [0.1, 0.15) is 34.8 Å². The van der Waals surface area contributed by atoms with Crippen molar-refractivity contribution >= 4 is 54.8 Å². The minimum Gasteiger partial charge on any atom is -0.309 e. The number of rotatable bonds is 8. The Balaban J connectivity index is 0.00000363. The second-order valence-corrected chi connectivity index (χ2v) is 11.2. The number of carbonyl (C=O) groups is 1. The van der Waals surface area contributed by atoms with Crippen LogP contribution in [0.2, 0.25) is 0 Å². The zero-order valence-electron chi connectivity index (χ0n) is 19.1. The molecular weight excluding hydrogens is 466 g/mol. The molecule has 1 aromatic heterocycles. The average Bonchev–Trinajstić information content (AvgIpc) is 3.14. The van der Waals surface area contributed by atoms with Crippen molar-refractivity contribution < 1.29 is 13.2 Å². The first-order valence-electron chi connectivity index (χ1n) is 10.3. The maximum atomic E-state index is 13.6. The van der Waals surface area contributed by atoms with Crippen LogP contribution in [-0.2, 0) is 9.84 Å². The summed E-state index contributed by atoms with van der Waals surface area (Å²) in [6.07, 6.45) is 0.745. The zero-order chi connectivity index (χ0) is 22.8. The molecule has 0 radical (unpaired) electrons. The number of carbonyl (C=O) groups excluding carboxylic acids is 1. The number of amides is 1. The number of hydrogen-bond acceptors (Lipinski definition) is 6. The number of nitrogens with zero attached hydrogens (tertiary/aromatic N) is 3. The second-order valence-electron chi connectivity index (χ2n) is 7.94. The van der Waals surface area contributed by atoms with Gasteiger partial charge in [-0.15, -0.1) is 12.4 Å². The van der Waals surface area contributed by atoms with Gasteiger partial charge in [-0.1, -0.05) is 36.5 Å². The Hall–Kier alpha value is -2.00. The molecule has 32 heavy (non-hydrogen) atoms. The van der Waals surface area contributed by atoms with Crippen LogP contribution in [0.25, 0.3) is 10.2 Å². The van der Waals surface area contributed by atoms with Crippen LogP contribution in [0.4, 0.5) is 5.13 Å². The van der Waals surface area contributed by atoms with Crippen LogP contribution in [0.3, 0.4) is 0 Å². The summed E-state index contributed by atoms with van der Waals surface area (Å²) < 4.78 is 26.3. The van der Waals surface area contributed by atoms with Gasteiger partial charge in [0.25, 0.3) is 5.91 Å². The molecule has 2 aromatic carbocycles. The van der Waals surface area contributed by atoms with Crippen molar-refractivity contribution in [1.82, 2.24) is 9.88 Å². The van der Waals surface area contributed by atoms with Gasteiger partial charge < -0.3 is 4.90 Å². The molecule has 0 unspecified atom stereocenters. The van der Waals surface area contributed by atoms with E-state index >= 15 is 0 Å². The summed E-state index contributed by atoms with van der Waals surface area (Å²) in [5.74, 6) is -0.392. The molecule has 0 fully saturated rings. The molecule has 0 aliphatic heterocycles. The zero-order valence-corrected chi connectivity index (χ0v) is 21.5. The second kappa shape index (κ2) is 10.7. The van der Waals surface area contributed by atoms with E-state index in [0.717, 1.165) is 34.3 Å². The quantitative estimate of drug-likeness (QED) is 0.452. The number of benzene rings is 2. The Labute approximate surface area is 200 Å². The highest BCUT2D eigenvalue weighted by Gasteiger charge is 2.27. The number of hydrogen-bond donors (Lipinski definition) is 0. The van der Waals surface area contributed by atoms with E-state index in [1.807, 2.05) is 27.9 Å². The number of thiazole rings is 1. The van der Waals surface area contributed by atoms with E-state index < -0.39 is 9.84 Å². The SMILES string of the molecule is CCS(=O)(=O)c1ccccc1C(=O)N(CCCN(C)C)c1nc2c(C)cc(C)cc2s1.Cl. The fourth-order valence-electron chi connectivity index (χ4n) is 3.52. The Morgan fingerprint density at radius 2 is 1.78 bits per heavy atom. The van der Waals surface area contributed by atoms with Crippen molar-refractivity contribution in [1.29, 1.82) is 0 Å². The fraction of sp³-hybridized carbons (Fsp3) is 0.391. The van der Waals surface area contributed by atoms with Crippen LogP contribution < -0.4 is 4.90 Å². The van der Waals surface area contributed by atoms with E-state index in [1.165, 1.54) is 17.4 Å². The molecule has 3 rings (SSSR count). The molecule has 0 saturated heterocycles. The molecule has 174 valence electrons. The van der Waals surface area contributed by atoms with Crippen LogP contribution in [-0.4, -0.2) is 57.1 Å². The molecular formula is C23H30ClN3O3S2. The lowest BCUT2D eigenvalue weighted by Crippen LogP contribution is -2.34. The lowest BCUT2D eigenvalue weighted by molar-refractivity contribution is 0.0983. The number of aromatic nitrogens is 1. The third kappa shape index (κ3) is 5.67. The highest BCUT2D eigenvalue weighted by molar-refractivity contribution is 7.91. The van der Waals surface area contributed by atoms with E-state index in [-0.39, 0.29) is 34.5 Å². The Morgan fingerprint density at radius 3 is 2.44 bits per heavy atom. The number of aryl methyl sites for hydroxylation is 2. The third-order valence-electron chi connectivity index (χ3n) is 5.11. The molecule has 9 heteroatoms. The van der Waals surface area contributed by atoms with E-state index in [1.54, 1.807) is 30.0 Å². The van der Waals surface area contributed by atoms with E-state index in [0.29, 0.717) is 11.7 Å². The highest BCUT2D eigenvalue weighted by atomic mass is 35.5. The summed E-state index contributed by atoms with van der Waals surface area (Å²) in [4.78, 5) is 22.2. The lowest BCUT2D eigenvalue weighted by atomic mass is 10.1. The number of halogens is 1.